The molecule has 3 aromatic heterocycles. The zero-order valence-corrected chi connectivity index (χ0v) is 19.4. The molecule has 0 unspecified atom stereocenters. The maximum atomic E-state index is 13.4. The molecule has 0 atom stereocenters. The number of pyridine rings is 2. The molecule has 0 bridgehead atoms. The van der Waals surface area contributed by atoms with E-state index >= 15 is 0 Å². The lowest BCUT2D eigenvalue weighted by Gasteiger charge is -2.20. The first-order chi connectivity index (χ1) is 18.3. The summed E-state index contributed by atoms with van der Waals surface area (Å²) in [4.78, 5) is 83.3. The molecule has 0 saturated heterocycles. The highest BCUT2D eigenvalue weighted by Crippen LogP contribution is 2.49. The number of aromatic nitrogens is 3. The van der Waals surface area contributed by atoms with Crippen LogP contribution in [0.1, 0.15) is 0 Å². The van der Waals surface area contributed by atoms with Crippen LogP contribution < -0.4 is 33.4 Å². The molecule has 0 fully saturated rings. The first-order valence-electron chi connectivity index (χ1n) is 11.8. The summed E-state index contributed by atoms with van der Waals surface area (Å²) < 4.78 is 1.02. The Balaban J connectivity index is 1.87. The molecule has 0 radical (unpaired) electrons. The summed E-state index contributed by atoms with van der Waals surface area (Å²) in [6, 6.07) is 10.0. The van der Waals surface area contributed by atoms with Crippen LogP contribution in [0.25, 0.3) is 86.2 Å². The van der Waals surface area contributed by atoms with Gasteiger partial charge in [0.05, 0.1) is 10.8 Å². The Kier molecular flexibility index (Phi) is 2.99. The van der Waals surface area contributed by atoms with Crippen molar-refractivity contribution in [1.82, 2.24) is 14.5 Å². The van der Waals surface area contributed by atoms with Crippen LogP contribution in [0.3, 0.4) is 0 Å². The second kappa shape index (κ2) is 5.76. The lowest BCUT2D eigenvalue weighted by Crippen LogP contribution is -2.21. The van der Waals surface area contributed by atoms with Crippen molar-refractivity contribution in [3.8, 4) is 0 Å². The van der Waals surface area contributed by atoms with Gasteiger partial charge in [0.1, 0.15) is 0 Å². The number of aromatic amines is 2. The van der Waals surface area contributed by atoms with Crippen molar-refractivity contribution in [2.75, 3.05) is 0 Å². The third kappa shape index (κ3) is 1.84. The minimum atomic E-state index is -0.584. The van der Waals surface area contributed by atoms with Crippen LogP contribution in [0.4, 0.5) is 0 Å². The lowest BCUT2D eigenvalue weighted by molar-refractivity contribution is 0.857. The predicted molar refractivity (Wildman–Crippen MR) is 148 cm³/mol. The maximum Gasteiger partial charge on any atom is 0.261 e. The van der Waals surface area contributed by atoms with Crippen LogP contribution in [0.15, 0.2) is 65.2 Å². The monoisotopic (exact) mass is 497 g/mol. The molecule has 0 aliphatic heterocycles. The Morgan fingerprint density at radius 2 is 0.763 bits per heavy atom. The van der Waals surface area contributed by atoms with Gasteiger partial charge in [0.2, 0.25) is 0 Å². The summed E-state index contributed by atoms with van der Waals surface area (Å²) in [5, 5.41) is 7.12. The number of fused-ring (bicyclic) bond motifs is 4. The zero-order valence-electron chi connectivity index (χ0n) is 19.4. The van der Waals surface area contributed by atoms with Crippen LogP contribution in [0.2, 0.25) is 0 Å². The van der Waals surface area contributed by atoms with Gasteiger partial charge in [-0.15, -0.1) is 0 Å². The van der Waals surface area contributed by atoms with Gasteiger partial charge in [-0.05, 0) is 67.4 Å². The average Bonchev–Trinajstić information content (AvgIpc) is 3.13. The van der Waals surface area contributed by atoms with Crippen LogP contribution in [-0.2, 0) is 7.05 Å². The molecule has 3 heterocycles. The van der Waals surface area contributed by atoms with Crippen molar-refractivity contribution in [3.05, 3.63) is 98.5 Å². The highest BCUT2D eigenvalue weighted by atomic mass is 16.2. The second-order valence-corrected chi connectivity index (χ2v) is 10.0. The van der Waals surface area contributed by atoms with E-state index in [1.54, 1.807) is 36.4 Å². The van der Waals surface area contributed by atoms with Gasteiger partial charge in [-0.3, -0.25) is 43.3 Å². The summed E-state index contributed by atoms with van der Waals surface area (Å²) in [7, 11) is 1.39. The van der Waals surface area contributed by atoms with E-state index in [1.165, 1.54) is 7.05 Å². The van der Waals surface area contributed by atoms with Gasteiger partial charge < -0.3 is 0 Å². The SMILES string of the molecule is Cn1c(=O)c2c3cc4c(=O)[nH]c(=O)c5ccc6c7ccc8c(=O)[nH]c(=O)c9cc(c2c1=O)c(c7c89)c3c6c54. The molecule has 9 aromatic rings. The standard InChI is InChI=1S/C29H11N3O6/c1-32-28(37)22-12-6-14-16-10(24(33)30-26(14)35)4-2-8-9-3-5-11-17-15(27(36)31-25(11)34)7-13(23(22)29(32)38)21(19(9)17)20(12)18(8)16/h2-7H,1H3,(H,30,33,35)(H,31,34,36). The highest BCUT2D eigenvalue weighted by Gasteiger charge is 2.28. The molecule has 0 aliphatic rings. The van der Waals surface area contributed by atoms with E-state index in [0.717, 1.165) is 4.57 Å². The van der Waals surface area contributed by atoms with Gasteiger partial charge >= 0.3 is 0 Å². The Morgan fingerprint density at radius 3 is 1.18 bits per heavy atom. The molecule has 9 rings (SSSR count). The Labute approximate surface area is 206 Å². The molecule has 9 heteroatoms. The normalized spacial score (nSPS) is 13.0. The van der Waals surface area contributed by atoms with Gasteiger partial charge in [0.15, 0.2) is 0 Å². The smallest absolute Gasteiger partial charge is 0.261 e. The van der Waals surface area contributed by atoms with E-state index in [4.69, 9.17) is 0 Å². The fourth-order valence-corrected chi connectivity index (χ4v) is 6.85. The molecule has 38 heavy (non-hydrogen) atoms. The first kappa shape index (κ1) is 19.7. The van der Waals surface area contributed by atoms with Gasteiger partial charge in [-0.25, -0.2) is 0 Å². The Hall–Kier alpha value is -5.44. The lowest BCUT2D eigenvalue weighted by atomic mass is 9.81. The van der Waals surface area contributed by atoms with Gasteiger partial charge in [-0.1, -0.05) is 12.1 Å². The van der Waals surface area contributed by atoms with E-state index in [0.29, 0.717) is 64.6 Å². The molecule has 9 nitrogen and oxygen atoms in total. The second-order valence-electron chi connectivity index (χ2n) is 10.0. The largest absolute Gasteiger partial charge is 0.288 e. The third-order valence-corrected chi connectivity index (χ3v) is 8.36. The van der Waals surface area contributed by atoms with Crippen LogP contribution >= 0.6 is 0 Å². The molecule has 0 saturated carbocycles. The number of benzene rings is 6. The van der Waals surface area contributed by atoms with Crippen LogP contribution in [0.5, 0.6) is 0 Å². The first-order valence-corrected chi connectivity index (χ1v) is 11.8. The van der Waals surface area contributed by atoms with Crippen molar-refractivity contribution in [2.24, 2.45) is 7.05 Å². The number of hydrogen-bond donors (Lipinski definition) is 2. The van der Waals surface area contributed by atoms with Crippen molar-refractivity contribution in [2.45, 2.75) is 0 Å². The number of hydrogen-bond acceptors (Lipinski definition) is 6. The highest BCUT2D eigenvalue weighted by molar-refractivity contribution is 6.48. The molecule has 0 aliphatic carbocycles. The summed E-state index contributed by atoms with van der Waals surface area (Å²) in [5.41, 5.74) is -3.24. The molecule has 178 valence electrons. The van der Waals surface area contributed by atoms with E-state index in [1.807, 2.05) is 0 Å². The number of rotatable bonds is 0. The summed E-state index contributed by atoms with van der Waals surface area (Å²) in [5.74, 6) is 0. The average molecular weight is 497 g/mol. The fourth-order valence-electron chi connectivity index (χ4n) is 6.85. The maximum absolute atomic E-state index is 13.4. The van der Waals surface area contributed by atoms with Crippen LogP contribution in [0, 0.1) is 0 Å². The van der Waals surface area contributed by atoms with Crippen molar-refractivity contribution >= 4 is 86.2 Å². The van der Waals surface area contributed by atoms with E-state index in [-0.39, 0.29) is 21.5 Å². The van der Waals surface area contributed by atoms with Crippen molar-refractivity contribution in [3.63, 3.8) is 0 Å². The fraction of sp³-hybridized carbons (Fsp3) is 0.0345. The minimum absolute atomic E-state index is 0.151. The Bertz CT molecular complexity index is 2720. The minimum Gasteiger partial charge on any atom is -0.288 e. The molecule has 6 aromatic carbocycles. The van der Waals surface area contributed by atoms with E-state index in [2.05, 4.69) is 9.97 Å². The Morgan fingerprint density at radius 1 is 0.421 bits per heavy atom. The van der Waals surface area contributed by atoms with E-state index in [9.17, 15) is 28.8 Å². The molecular formula is C29H11N3O6. The molecular weight excluding hydrogens is 486 g/mol. The molecule has 0 spiro atoms. The quantitative estimate of drug-likeness (QED) is 0.243. The van der Waals surface area contributed by atoms with Gasteiger partial charge in [0.25, 0.3) is 33.4 Å². The van der Waals surface area contributed by atoms with Gasteiger partial charge in [0, 0.05) is 39.4 Å². The van der Waals surface area contributed by atoms with Crippen molar-refractivity contribution < 1.29 is 0 Å². The van der Waals surface area contributed by atoms with Gasteiger partial charge in [-0.2, -0.15) is 0 Å². The molecule has 2 N–H and O–H groups in total. The number of H-pyrrole nitrogens is 2. The number of nitrogens with zero attached hydrogens (tertiary/aromatic N) is 1. The summed E-state index contributed by atoms with van der Waals surface area (Å²) >= 11 is 0. The number of nitrogens with one attached hydrogen (secondary N) is 2. The summed E-state index contributed by atoms with van der Waals surface area (Å²) in [6.45, 7) is 0. The van der Waals surface area contributed by atoms with Crippen molar-refractivity contribution in [1.29, 1.82) is 0 Å². The van der Waals surface area contributed by atoms with Crippen LogP contribution in [-0.4, -0.2) is 14.5 Å². The van der Waals surface area contributed by atoms with E-state index < -0.39 is 33.4 Å². The predicted octanol–water partition coefficient (Wildman–Crippen LogP) is 2.26. The zero-order chi connectivity index (χ0) is 25.9. The topological polar surface area (TPSA) is 139 Å². The third-order valence-electron chi connectivity index (χ3n) is 8.36. The molecule has 0 amide bonds. The summed E-state index contributed by atoms with van der Waals surface area (Å²) in [6.07, 6.45) is 0.